The first-order valence-corrected chi connectivity index (χ1v) is 8.73. The number of nitrogens with zero attached hydrogens (tertiary/aromatic N) is 1. The largest absolute Gasteiger partial charge is 0.454 e. The molecule has 24 heavy (non-hydrogen) atoms. The van der Waals surface area contributed by atoms with E-state index in [-0.39, 0.29) is 12.7 Å². The maximum Gasteiger partial charge on any atom is 0.250 e. The zero-order chi connectivity index (χ0) is 16.5. The Morgan fingerprint density at radius 3 is 3.00 bits per heavy atom. The van der Waals surface area contributed by atoms with Crippen LogP contribution in [0, 0.1) is 0 Å². The fourth-order valence-corrected chi connectivity index (χ4v) is 3.71. The Labute approximate surface area is 150 Å². The van der Waals surface area contributed by atoms with Gasteiger partial charge >= 0.3 is 0 Å². The molecule has 7 heteroatoms. The molecule has 1 aromatic heterocycles. The molecule has 0 atom stereocenters. The molecule has 3 aromatic rings. The summed E-state index contributed by atoms with van der Waals surface area (Å²) in [7, 11) is 0. The molecule has 0 unspecified atom stereocenters. The highest BCUT2D eigenvalue weighted by Crippen LogP contribution is 2.33. The van der Waals surface area contributed by atoms with Gasteiger partial charge in [-0.3, -0.25) is 10.1 Å². The van der Waals surface area contributed by atoms with Crippen LogP contribution in [0.25, 0.3) is 16.3 Å². The lowest BCUT2D eigenvalue weighted by atomic mass is 10.2. The first-order chi connectivity index (χ1) is 11.7. The van der Waals surface area contributed by atoms with Crippen LogP contribution in [0.3, 0.4) is 0 Å². The van der Waals surface area contributed by atoms with Gasteiger partial charge in [0, 0.05) is 10.5 Å². The number of halogens is 1. The number of thiazole rings is 1. The molecule has 0 saturated heterocycles. The fourth-order valence-electron chi connectivity index (χ4n) is 2.29. The smallest absolute Gasteiger partial charge is 0.250 e. The quantitative estimate of drug-likeness (QED) is 0.657. The number of anilines is 1. The summed E-state index contributed by atoms with van der Waals surface area (Å²) in [6, 6.07) is 11.3. The number of hydrogen-bond acceptors (Lipinski definition) is 5. The standard InChI is InChI=1S/C17H11BrN2O3S/c18-11-3-4-12-15(8-11)24-17(19-12)20-16(21)6-2-10-1-5-13-14(7-10)23-9-22-13/h1-8H,9H2,(H,19,20,21). The summed E-state index contributed by atoms with van der Waals surface area (Å²) in [5.74, 6) is 1.18. The van der Waals surface area contributed by atoms with Crippen molar-refractivity contribution in [1.29, 1.82) is 0 Å². The number of rotatable bonds is 3. The van der Waals surface area contributed by atoms with Crippen molar-refractivity contribution < 1.29 is 14.3 Å². The van der Waals surface area contributed by atoms with Gasteiger partial charge in [-0.15, -0.1) is 0 Å². The summed E-state index contributed by atoms with van der Waals surface area (Å²) < 4.78 is 12.6. The molecule has 1 aliphatic heterocycles. The van der Waals surface area contributed by atoms with Gasteiger partial charge in [-0.05, 0) is 42.0 Å². The Balaban J connectivity index is 1.47. The van der Waals surface area contributed by atoms with E-state index in [0.29, 0.717) is 10.9 Å². The summed E-state index contributed by atoms with van der Waals surface area (Å²) in [6.07, 6.45) is 3.20. The number of ether oxygens (including phenoxy) is 2. The van der Waals surface area contributed by atoms with Gasteiger partial charge in [0.15, 0.2) is 16.6 Å². The number of nitrogens with one attached hydrogen (secondary N) is 1. The minimum absolute atomic E-state index is 0.231. The van der Waals surface area contributed by atoms with Crippen molar-refractivity contribution in [2.24, 2.45) is 0 Å². The van der Waals surface area contributed by atoms with Crippen LogP contribution in [0.5, 0.6) is 11.5 Å². The van der Waals surface area contributed by atoms with E-state index >= 15 is 0 Å². The van der Waals surface area contributed by atoms with E-state index < -0.39 is 0 Å². The number of benzene rings is 2. The molecule has 5 nitrogen and oxygen atoms in total. The van der Waals surface area contributed by atoms with Gasteiger partial charge in [-0.1, -0.05) is 33.3 Å². The van der Waals surface area contributed by atoms with Crippen LogP contribution in [-0.2, 0) is 4.79 Å². The van der Waals surface area contributed by atoms with Gasteiger partial charge in [-0.25, -0.2) is 4.98 Å². The molecule has 2 heterocycles. The highest BCUT2D eigenvalue weighted by molar-refractivity contribution is 9.10. The number of carbonyl (C=O) groups is 1. The molecule has 120 valence electrons. The van der Waals surface area contributed by atoms with Crippen LogP contribution in [0.15, 0.2) is 46.9 Å². The highest BCUT2D eigenvalue weighted by Gasteiger charge is 2.12. The number of amides is 1. The second-order valence-corrected chi connectivity index (χ2v) is 7.01. The minimum atomic E-state index is -0.231. The number of fused-ring (bicyclic) bond motifs is 2. The third kappa shape index (κ3) is 3.13. The molecule has 0 bridgehead atoms. The normalized spacial score (nSPS) is 12.9. The first kappa shape index (κ1) is 15.2. The first-order valence-electron chi connectivity index (χ1n) is 7.12. The predicted octanol–water partition coefficient (Wildman–Crippen LogP) is 4.44. The van der Waals surface area contributed by atoms with Crippen LogP contribution in [-0.4, -0.2) is 17.7 Å². The van der Waals surface area contributed by atoms with E-state index in [1.165, 1.54) is 17.4 Å². The number of hydrogen-bond donors (Lipinski definition) is 1. The average Bonchev–Trinajstić information content (AvgIpc) is 3.17. The minimum Gasteiger partial charge on any atom is -0.454 e. The third-order valence-electron chi connectivity index (χ3n) is 3.40. The lowest BCUT2D eigenvalue weighted by Crippen LogP contribution is -2.07. The van der Waals surface area contributed by atoms with Crippen molar-refractivity contribution in [3.05, 3.63) is 52.5 Å². The van der Waals surface area contributed by atoms with Crippen molar-refractivity contribution >= 4 is 54.6 Å². The fraction of sp³-hybridized carbons (Fsp3) is 0.0588. The molecule has 4 rings (SSSR count). The zero-order valence-corrected chi connectivity index (χ0v) is 14.7. The van der Waals surface area contributed by atoms with Crippen LogP contribution in [0.2, 0.25) is 0 Å². The van der Waals surface area contributed by atoms with Gasteiger partial charge in [-0.2, -0.15) is 0 Å². The Bertz CT molecular complexity index is 968. The molecule has 1 aliphatic rings. The Hall–Kier alpha value is -2.38. The van der Waals surface area contributed by atoms with Crippen LogP contribution in [0.4, 0.5) is 5.13 Å². The Morgan fingerprint density at radius 2 is 2.08 bits per heavy atom. The van der Waals surface area contributed by atoms with E-state index in [2.05, 4.69) is 26.2 Å². The second-order valence-electron chi connectivity index (χ2n) is 5.07. The molecule has 0 fully saturated rings. The van der Waals surface area contributed by atoms with Crippen molar-refractivity contribution in [3.63, 3.8) is 0 Å². The SMILES string of the molecule is O=C(C=Cc1ccc2c(c1)OCO2)Nc1nc2ccc(Br)cc2s1. The van der Waals surface area contributed by atoms with Crippen molar-refractivity contribution in [2.45, 2.75) is 0 Å². The van der Waals surface area contributed by atoms with Crippen LogP contribution < -0.4 is 14.8 Å². The van der Waals surface area contributed by atoms with E-state index in [4.69, 9.17) is 9.47 Å². The molecule has 0 radical (unpaired) electrons. The molecule has 1 amide bonds. The van der Waals surface area contributed by atoms with Crippen LogP contribution >= 0.6 is 27.3 Å². The summed E-state index contributed by atoms with van der Waals surface area (Å²) in [5, 5.41) is 3.36. The summed E-state index contributed by atoms with van der Waals surface area (Å²) in [4.78, 5) is 16.5. The van der Waals surface area contributed by atoms with Gasteiger partial charge < -0.3 is 9.47 Å². The summed E-state index contributed by atoms with van der Waals surface area (Å²) in [5.41, 5.74) is 1.72. The lowest BCUT2D eigenvalue weighted by Gasteiger charge is -1.98. The molecular formula is C17H11BrN2O3S. The van der Waals surface area contributed by atoms with E-state index in [9.17, 15) is 4.79 Å². The second kappa shape index (κ2) is 6.26. The van der Waals surface area contributed by atoms with Crippen LogP contribution in [0.1, 0.15) is 5.56 Å². The predicted molar refractivity (Wildman–Crippen MR) is 97.5 cm³/mol. The van der Waals surface area contributed by atoms with E-state index in [1.807, 2.05) is 36.4 Å². The molecule has 1 N–H and O–H groups in total. The van der Waals surface area contributed by atoms with Crippen molar-refractivity contribution in [3.8, 4) is 11.5 Å². The Morgan fingerprint density at radius 1 is 1.21 bits per heavy atom. The molecule has 0 aliphatic carbocycles. The van der Waals surface area contributed by atoms with Gasteiger partial charge in [0.1, 0.15) is 0 Å². The van der Waals surface area contributed by atoms with Crippen molar-refractivity contribution in [1.82, 2.24) is 4.98 Å². The van der Waals surface area contributed by atoms with E-state index in [0.717, 1.165) is 26.0 Å². The van der Waals surface area contributed by atoms with E-state index in [1.54, 1.807) is 6.08 Å². The highest BCUT2D eigenvalue weighted by atomic mass is 79.9. The summed E-state index contributed by atoms with van der Waals surface area (Å²) in [6.45, 7) is 0.233. The van der Waals surface area contributed by atoms with Gasteiger partial charge in [0.25, 0.3) is 0 Å². The maximum atomic E-state index is 12.1. The third-order valence-corrected chi connectivity index (χ3v) is 4.83. The lowest BCUT2D eigenvalue weighted by molar-refractivity contribution is -0.111. The maximum absolute atomic E-state index is 12.1. The van der Waals surface area contributed by atoms with Gasteiger partial charge in [0.2, 0.25) is 12.7 Å². The topological polar surface area (TPSA) is 60.5 Å². The number of carbonyl (C=O) groups excluding carboxylic acids is 1. The summed E-state index contributed by atoms with van der Waals surface area (Å²) >= 11 is 4.86. The van der Waals surface area contributed by atoms with Crippen molar-refractivity contribution in [2.75, 3.05) is 12.1 Å². The Kier molecular flexibility index (Phi) is 3.95. The average molecular weight is 403 g/mol. The molecular weight excluding hydrogens is 392 g/mol. The molecule has 2 aromatic carbocycles. The van der Waals surface area contributed by atoms with Gasteiger partial charge in [0.05, 0.1) is 10.2 Å². The molecule has 0 spiro atoms. The monoisotopic (exact) mass is 402 g/mol. The zero-order valence-electron chi connectivity index (χ0n) is 12.3. The molecule has 0 saturated carbocycles. The number of aromatic nitrogens is 1.